The Labute approximate surface area is 127 Å². The van der Waals surface area contributed by atoms with Crippen molar-refractivity contribution in [2.24, 2.45) is 0 Å². The Morgan fingerprint density at radius 1 is 1.33 bits per heavy atom. The van der Waals surface area contributed by atoms with Crippen molar-refractivity contribution in [3.63, 3.8) is 0 Å². The molecule has 0 heterocycles. The van der Waals surface area contributed by atoms with Gasteiger partial charge >= 0.3 is 5.97 Å². The fourth-order valence-corrected chi connectivity index (χ4v) is 2.27. The lowest BCUT2D eigenvalue weighted by Crippen LogP contribution is -2.15. The molecule has 1 aromatic rings. The molecular formula is C18H26O3. The summed E-state index contributed by atoms with van der Waals surface area (Å²) in [5.41, 5.74) is 4.21. The molecule has 3 heteroatoms. The van der Waals surface area contributed by atoms with Crippen molar-refractivity contribution >= 4 is 11.5 Å². The zero-order chi connectivity index (χ0) is 16.2. The van der Waals surface area contributed by atoms with Crippen LogP contribution in [-0.2, 0) is 10.2 Å². The summed E-state index contributed by atoms with van der Waals surface area (Å²) in [4.78, 5) is 10.8. The van der Waals surface area contributed by atoms with Gasteiger partial charge in [0.2, 0.25) is 0 Å². The van der Waals surface area contributed by atoms with Crippen LogP contribution in [0.3, 0.4) is 0 Å². The minimum atomic E-state index is -0.823. The molecule has 0 aromatic heterocycles. The van der Waals surface area contributed by atoms with Crippen molar-refractivity contribution in [2.75, 3.05) is 6.61 Å². The van der Waals surface area contributed by atoms with Crippen LogP contribution in [0, 0.1) is 6.92 Å². The van der Waals surface area contributed by atoms with Crippen molar-refractivity contribution in [3.8, 4) is 5.75 Å². The Morgan fingerprint density at radius 3 is 2.43 bits per heavy atom. The second-order valence-corrected chi connectivity index (χ2v) is 6.36. The first-order valence-corrected chi connectivity index (χ1v) is 7.33. The third kappa shape index (κ3) is 4.62. The van der Waals surface area contributed by atoms with E-state index in [1.54, 1.807) is 6.08 Å². The zero-order valence-corrected chi connectivity index (χ0v) is 13.9. The van der Waals surface area contributed by atoms with E-state index in [2.05, 4.69) is 39.8 Å². The van der Waals surface area contributed by atoms with Crippen LogP contribution in [0.4, 0.5) is 0 Å². The number of allylic oxidation sites excluding steroid dienone is 1. The van der Waals surface area contributed by atoms with E-state index >= 15 is 0 Å². The lowest BCUT2D eigenvalue weighted by Gasteiger charge is -2.26. The molecule has 0 aliphatic rings. The van der Waals surface area contributed by atoms with Gasteiger partial charge in [-0.05, 0) is 43.4 Å². The quantitative estimate of drug-likeness (QED) is 0.864. The first-order valence-electron chi connectivity index (χ1n) is 7.33. The van der Waals surface area contributed by atoms with E-state index in [4.69, 9.17) is 9.84 Å². The van der Waals surface area contributed by atoms with E-state index in [-0.39, 0.29) is 11.8 Å². The average Bonchev–Trinajstić information content (AvgIpc) is 2.36. The third-order valence-electron chi connectivity index (χ3n) is 3.34. The van der Waals surface area contributed by atoms with Crippen LogP contribution in [0.2, 0.25) is 0 Å². The van der Waals surface area contributed by atoms with Gasteiger partial charge in [-0.25, -0.2) is 0 Å². The maximum Gasteiger partial charge on any atom is 0.307 e. The minimum absolute atomic E-state index is 0.0240. The van der Waals surface area contributed by atoms with E-state index in [0.717, 1.165) is 28.0 Å². The lowest BCUT2D eigenvalue weighted by atomic mass is 9.83. The largest absolute Gasteiger partial charge is 0.493 e. The topological polar surface area (TPSA) is 46.5 Å². The molecule has 0 amide bonds. The lowest BCUT2D eigenvalue weighted by molar-refractivity contribution is -0.135. The van der Waals surface area contributed by atoms with Gasteiger partial charge in [0.15, 0.2) is 0 Å². The van der Waals surface area contributed by atoms with Gasteiger partial charge in [-0.2, -0.15) is 0 Å². The molecule has 0 saturated carbocycles. The second-order valence-electron chi connectivity index (χ2n) is 6.36. The highest BCUT2D eigenvalue weighted by Crippen LogP contribution is 2.38. The van der Waals surface area contributed by atoms with E-state index in [0.29, 0.717) is 6.61 Å². The molecule has 3 nitrogen and oxygen atoms in total. The number of carboxylic acids is 1. The number of carboxylic acid groups (broad SMARTS) is 1. The Morgan fingerprint density at radius 2 is 1.95 bits per heavy atom. The molecule has 0 unspecified atom stereocenters. The summed E-state index contributed by atoms with van der Waals surface area (Å²) in [5.74, 6) is 0.0470. The smallest absolute Gasteiger partial charge is 0.307 e. The standard InChI is InChI=1S/C18H26O3/c1-7-21-17-14(13(3)8-9-16(19)20)10-12(2)11-15(17)18(4,5)6/h8,10-11H,7,9H2,1-6H3,(H,19,20)/b13-8+. The summed E-state index contributed by atoms with van der Waals surface area (Å²) < 4.78 is 5.89. The Balaban J connectivity index is 3.46. The van der Waals surface area contributed by atoms with Crippen molar-refractivity contribution in [2.45, 2.75) is 53.4 Å². The highest BCUT2D eigenvalue weighted by molar-refractivity contribution is 5.76. The van der Waals surface area contributed by atoms with Gasteiger partial charge in [0.05, 0.1) is 13.0 Å². The van der Waals surface area contributed by atoms with Crippen LogP contribution in [0.5, 0.6) is 5.75 Å². The molecule has 0 aliphatic carbocycles. The third-order valence-corrected chi connectivity index (χ3v) is 3.34. The predicted molar refractivity (Wildman–Crippen MR) is 87.0 cm³/mol. The van der Waals surface area contributed by atoms with Crippen LogP contribution in [0.1, 0.15) is 57.7 Å². The monoisotopic (exact) mass is 290 g/mol. The molecule has 0 radical (unpaired) electrons. The summed E-state index contributed by atoms with van der Waals surface area (Å²) in [6.07, 6.45) is 1.77. The van der Waals surface area contributed by atoms with Crippen molar-refractivity contribution in [1.29, 1.82) is 0 Å². The number of benzene rings is 1. The number of hydrogen-bond donors (Lipinski definition) is 1. The van der Waals surface area contributed by atoms with Crippen LogP contribution in [0.25, 0.3) is 5.57 Å². The molecule has 1 aromatic carbocycles. The van der Waals surface area contributed by atoms with E-state index in [1.807, 2.05) is 13.8 Å². The maximum atomic E-state index is 10.8. The summed E-state index contributed by atoms with van der Waals surface area (Å²) in [6, 6.07) is 4.22. The number of rotatable bonds is 5. The number of hydrogen-bond acceptors (Lipinski definition) is 2. The van der Waals surface area contributed by atoms with Crippen LogP contribution in [0.15, 0.2) is 18.2 Å². The van der Waals surface area contributed by atoms with Gasteiger partial charge in [0.25, 0.3) is 0 Å². The van der Waals surface area contributed by atoms with Gasteiger partial charge in [0, 0.05) is 11.1 Å². The average molecular weight is 290 g/mol. The molecule has 1 N–H and O–H groups in total. The van der Waals surface area contributed by atoms with E-state index in [1.165, 1.54) is 0 Å². The molecule has 21 heavy (non-hydrogen) atoms. The highest BCUT2D eigenvalue weighted by atomic mass is 16.5. The first-order chi connectivity index (χ1) is 9.66. The Kier molecular flexibility index (Phi) is 5.59. The van der Waals surface area contributed by atoms with Crippen LogP contribution < -0.4 is 4.74 Å². The Bertz CT molecular complexity index is 548. The first kappa shape index (κ1) is 17.3. The van der Waals surface area contributed by atoms with Crippen LogP contribution in [-0.4, -0.2) is 17.7 Å². The predicted octanol–water partition coefficient (Wildman–Crippen LogP) is 4.57. The molecular weight excluding hydrogens is 264 g/mol. The number of aliphatic carboxylic acids is 1. The summed E-state index contributed by atoms with van der Waals surface area (Å²) >= 11 is 0. The van der Waals surface area contributed by atoms with E-state index in [9.17, 15) is 4.79 Å². The molecule has 116 valence electrons. The molecule has 0 atom stereocenters. The normalized spacial score (nSPS) is 12.4. The van der Waals surface area contributed by atoms with Crippen LogP contribution >= 0.6 is 0 Å². The Hall–Kier alpha value is -1.77. The fourth-order valence-electron chi connectivity index (χ4n) is 2.27. The summed E-state index contributed by atoms with van der Waals surface area (Å²) in [5, 5.41) is 8.84. The SMILES string of the molecule is CCOc1c(/C(C)=C/CC(=O)O)cc(C)cc1C(C)(C)C. The fraction of sp³-hybridized carbons (Fsp3) is 0.500. The minimum Gasteiger partial charge on any atom is -0.493 e. The highest BCUT2D eigenvalue weighted by Gasteiger charge is 2.22. The number of carbonyl (C=O) groups is 1. The molecule has 0 bridgehead atoms. The van der Waals surface area contributed by atoms with Gasteiger partial charge in [-0.15, -0.1) is 0 Å². The molecule has 0 aliphatic heterocycles. The molecule has 0 saturated heterocycles. The maximum absolute atomic E-state index is 10.8. The van der Waals surface area contributed by atoms with Crippen molar-refractivity contribution in [3.05, 3.63) is 34.9 Å². The zero-order valence-electron chi connectivity index (χ0n) is 13.9. The van der Waals surface area contributed by atoms with Gasteiger partial charge in [0.1, 0.15) is 5.75 Å². The summed E-state index contributed by atoms with van der Waals surface area (Å²) in [7, 11) is 0. The molecule has 0 fully saturated rings. The summed E-state index contributed by atoms with van der Waals surface area (Å²) in [6.45, 7) is 13.0. The molecule has 0 spiro atoms. The number of ether oxygens (including phenoxy) is 1. The van der Waals surface area contributed by atoms with Gasteiger partial charge in [-0.1, -0.05) is 32.9 Å². The second kappa shape index (κ2) is 6.79. The number of aryl methyl sites for hydroxylation is 1. The van der Waals surface area contributed by atoms with Crippen molar-refractivity contribution in [1.82, 2.24) is 0 Å². The van der Waals surface area contributed by atoms with Gasteiger partial charge in [-0.3, -0.25) is 4.79 Å². The molecule has 1 rings (SSSR count). The van der Waals surface area contributed by atoms with Gasteiger partial charge < -0.3 is 9.84 Å². The van der Waals surface area contributed by atoms with E-state index < -0.39 is 5.97 Å². The van der Waals surface area contributed by atoms with Crippen molar-refractivity contribution < 1.29 is 14.6 Å².